The van der Waals surface area contributed by atoms with Gasteiger partial charge in [-0.2, -0.15) is 0 Å². The molecule has 0 saturated carbocycles. The van der Waals surface area contributed by atoms with Crippen molar-refractivity contribution < 1.29 is 14.5 Å². The standard InChI is InChI=1S/C18H15N3O4S2/c1-11-10-26-18(19-11)27-16-7-6-12(8-15(16)21(23)24)17(22)20-13-4-3-5-14(9-13)25-2/h3-10H,1-2H3,(H,20,22). The molecule has 0 aliphatic carbocycles. The molecular weight excluding hydrogens is 386 g/mol. The summed E-state index contributed by atoms with van der Waals surface area (Å²) >= 11 is 2.63. The highest BCUT2D eigenvalue weighted by Gasteiger charge is 2.19. The number of carbonyl (C=O) groups excluding carboxylic acids is 1. The maximum atomic E-state index is 12.5. The first-order valence-electron chi connectivity index (χ1n) is 7.80. The van der Waals surface area contributed by atoms with Crippen LogP contribution in [0.1, 0.15) is 16.1 Å². The molecule has 0 unspecified atom stereocenters. The molecule has 3 aromatic rings. The number of nitrogens with one attached hydrogen (secondary N) is 1. The average Bonchev–Trinajstić information content (AvgIpc) is 3.06. The highest BCUT2D eigenvalue weighted by atomic mass is 32.2. The van der Waals surface area contributed by atoms with Gasteiger partial charge in [0.2, 0.25) is 0 Å². The van der Waals surface area contributed by atoms with Crippen molar-refractivity contribution >= 4 is 40.4 Å². The van der Waals surface area contributed by atoms with Crippen LogP contribution in [0.15, 0.2) is 57.1 Å². The van der Waals surface area contributed by atoms with Crippen molar-refractivity contribution in [2.45, 2.75) is 16.2 Å². The summed E-state index contributed by atoms with van der Waals surface area (Å²) < 4.78 is 5.83. The van der Waals surface area contributed by atoms with Gasteiger partial charge < -0.3 is 10.1 Å². The number of benzene rings is 2. The molecule has 0 aliphatic rings. The zero-order chi connectivity index (χ0) is 19.4. The normalized spacial score (nSPS) is 10.4. The van der Waals surface area contributed by atoms with Crippen LogP contribution in [0, 0.1) is 17.0 Å². The summed E-state index contributed by atoms with van der Waals surface area (Å²) in [5, 5.41) is 16.1. The topological polar surface area (TPSA) is 94.4 Å². The minimum atomic E-state index is -0.495. The zero-order valence-electron chi connectivity index (χ0n) is 14.5. The highest BCUT2D eigenvalue weighted by molar-refractivity contribution is 8.01. The smallest absolute Gasteiger partial charge is 0.284 e. The van der Waals surface area contributed by atoms with Gasteiger partial charge in [-0.1, -0.05) is 17.8 Å². The summed E-state index contributed by atoms with van der Waals surface area (Å²) in [4.78, 5) is 28.2. The first-order chi connectivity index (χ1) is 13.0. The molecule has 0 fully saturated rings. The fraction of sp³-hybridized carbons (Fsp3) is 0.111. The molecule has 0 atom stereocenters. The molecule has 1 amide bonds. The Morgan fingerprint density at radius 1 is 1.30 bits per heavy atom. The number of hydrogen-bond acceptors (Lipinski definition) is 7. The Morgan fingerprint density at radius 2 is 2.11 bits per heavy atom. The number of aromatic nitrogens is 1. The predicted octanol–water partition coefficient (Wildman–Crippen LogP) is 4.77. The van der Waals surface area contributed by atoms with Crippen LogP contribution >= 0.6 is 23.1 Å². The SMILES string of the molecule is COc1cccc(NC(=O)c2ccc(Sc3nc(C)cs3)c([N+](=O)[O-])c2)c1. The van der Waals surface area contributed by atoms with Crippen molar-refractivity contribution in [2.75, 3.05) is 12.4 Å². The molecule has 3 rings (SSSR count). The van der Waals surface area contributed by atoms with E-state index in [4.69, 9.17) is 4.74 Å². The Hall–Kier alpha value is -2.91. The number of rotatable bonds is 6. The van der Waals surface area contributed by atoms with Crippen LogP contribution < -0.4 is 10.1 Å². The Kier molecular flexibility index (Phi) is 5.72. The summed E-state index contributed by atoms with van der Waals surface area (Å²) in [6.07, 6.45) is 0. The maximum Gasteiger partial charge on any atom is 0.284 e. The minimum Gasteiger partial charge on any atom is -0.497 e. The first-order valence-corrected chi connectivity index (χ1v) is 9.49. The van der Waals surface area contributed by atoms with E-state index in [2.05, 4.69) is 10.3 Å². The third-order valence-corrected chi connectivity index (χ3v) is 5.66. The lowest BCUT2D eigenvalue weighted by Crippen LogP contribution is -2.12. The van der Waals surface area contributed by atoms with E-state index in [1.807, 2.05) is 12.3 Å². The van der Waals surface area contributed by atoms with Gasteiger partial charge in [-0.25, -0.2) is 4.98 Å². The van der Waals surface area contributed by atoms with Gasteiger partial charge in [-0.15, -0.1) is 11.3 Å². The molecule has 1 heterocycles. The maximum absolute atomic E-state index is 12.5. The van der Waals surface area contributed by atoms with Crippen LogP contribution in [0.5, 0.6) is 5.75 Å². The van der Waals surface area contributed by atoms with Crippen LogP contribution in [-0.4, -0.2) is 22.9 Å². The number of aryl methyl sites for hydroxylation is 1. The Morgan fingerprint density at radius 3 is 2.78 bits per heavy atom. The number of carbonyl (C=O) groups is 1. The minimum absolute atomic E-state index is 0.133. The molecule has 27 heavy (non-hydrogen) atoms. The Balaban J connectivity index is 1.84. The van der Waals surface area contributed by atoms with Crippen molar-refractivity contribution in [1.29, 1.82) is 0 Å². The third-order valence-electron chi connectivity index (χ3n) is 3.54. The van der Waals surface area contributed by atoms with Gasteiger partial charge >= 0.3 is 0 Å². The van der Waals surface area contributed by atoms with Crippen molar-refractivity contribution in [3.8, 4) is 5.75 Å². The van der Waals surface area contributed by atoms with Crippen molar-refractivity contribution in [1.82, 2.24) is 4.98 Å². The molecule has 0 radical (unpaired) electrons. The Labute approximate surface area is 163 Å². The number of nitro groups is 1. The molecule has 1 N–H and O–H groups in total. The lowest BCUT2D eigenvalue weighted by molar-refractivity contribution is -0.387. The molecule has 9 heteroatoms. The van der Waals surface area contributed by atoms with Crippen LogP contribution in [0.3, 0.4) is 0 Å². The van der Waals surface area contributed by atoms with Gasteiger partial charge in [-0.05, 0) is 31.2 Å². The van der Waals surface area contributed by atoms with E-state index in [-0.39, 0.29) is 11.3 Å². The second kappa shape index (κ2) is 8.19. The second-order valence-corrected chi connectivity index (χ2v) is 7.63. The number of thiazole rings is 1. The monoisotopic (exact) mass is 401 g/mol. The van der Waals surface area contributed by atoms with Crippen LogP contribution in [0.25, 0.3) is 0 Å². The second-order valence-electron chi connectivity index (χ2n) is 5.48. The zero-order valence-corrected chi connectivity index (χ0v) is 16.1. The molecule has 0 saturated heterocycles. The van der Waals surface area contributed by atoms with E-state index >= 15 is 0 Å². The van der Waals surface area contributed by atoms with Crippen LogP contribution in [0.2, 0.25) is 0 Å². The number of nitro benzene ring substituents is 1. The van der Waals surface area contributed by atoms with Gasteiger partial charge in [0.25, 0.3) is 11.6 Å². The van der Waals surface area contributed by atoms with E-state index in [0.717, 1.165) is 5.69 Å². The van der Waals surface area contributed by atoms with E-state index in [0.29, 0.717) is 20.7 Å². The summed E-state index contributed by atoms with van der Waals surface area (Å²) in [6.45, 7) is 1.86. The molecular formula is C18H15N3O4S2. The van der Waals surface area contributed by atoms with E-state index in [1.165, 1.54) is 36.3 Å². The predicted molar refractivity (Wildman–Crippen MR) is 105 cm³/mol. The summed E-state index contributed by atoms with van der Waals surface area (Å²) in [5.74, 6) is 0.164. The van der Waals surface area contributed by atoms with Gasteiger partial charge in [-0.3, -0.25) is 14.9 Å². The van der Waals surface area contributed by atoms with Gasteiger partial charge in [0.05, 0.1) is 16.9 Å². The quantitative estimate of drug-likeness (QED) is 0.472. The number of nitrogens with zero attached hydrogens (tertiary/aromatic N) is 2. The number of ether oxygens (including phenoxy) is 1. The molecule has 0 aliphatic heterocycles. The number of hydrogen-bond donors (Lipinski definition) is 1. The lowest BCUT2D eigenvalue weighted by Gasteiger charge is -2.08. The van der Waals surface area contributed by atoms with E-state index < -0.39 is 10.8 Å². The largest absolute Gasteiger partial charge is 0.497 e. The van der Waals surface area contributed by atoms with Gasteiger partial charge in [0.15, 0.2) is 4.34 Å². The van der Waals surface area contributed by atoms with Crippen LogP contribution in [0.4, 0.5) is 11.4 Å². The molecule has 0 bridgehead atoms. The fourth-order valence-corrected chi connectivity index (χ4v) is 4.14. The third kappa shape index (κ3) is 4.63. The van der Waals surface area contributed by atoms with E-state index in [1.54, 1.807) is 36.4 Å². The number of amides is 1. The highest BCUT2D eigenvalue weighted by Crippen LogP contribution is 2.36. The lowest BCUT2D eigenvalue weighted by atomic mass is 10.2. The molecule has 7 nitrogen and oxygen atoms in total. The molecule has 2 aromatic carbocycles. The number of methoxy groups -OCH3 is 1. The van der Waals surface area contributed by atoms with Gasteiger partial charge in [0, 0.05) is 34.5 Å². The van der Waals surface area contributed by atoms with Crippen LogP contribution in [-0.2, 0) is 0 Å². The fourth-order valence-electron chi connectivity index (χ4n) is 2.27. The number of anilines is 1. The van der Waals surface area contributed by atoms with Crippen molar-refractivity contribution in [3.63, 3.8) is 0 Å². The summed E-state index contributed by atoms with van der Waals surface area (Å²) in [6, 6.07) is 11.3. The first kappa shape index (κ1) is 18.9. The van der Waals surface area contributed by atoms with Crippen molar-refractivity contribution in [3.05, 3.63) is 69.2 Å². The summed E-state index contributed by atoms with van der Waals surface area (Å²) in [5.41, 5.74) is 1.47. The van der Waals surface area contributed by atoms with E-state index in [9.17, 15) is 14.9 Å². The summed E-state index contributed by atoms with van der Waals surface area (Å²) in [7, 11) is 1.53. The Bertz CT molecular complexity index is 1000. The average molecular weight is 401 g/mol. The molecule has 138 valence electrons. The van der Waals surface area contributed by atoms with Gasteiger partial charge in [0.1, 0.15) is 5.75 Å². The van der Waals surface area contributed by atoms with Crippen molar-refractivity contribution in [2.24, 2.45) is 0 Å². The molecule has 0 spiro atoms. The molecule has 1 aromatic heterocycles.